The summed E-state index contributed by atoms with van der Waals surface area (Å²) in [5, 5.41) is 3.39. The first-order valence-corrected chi connectivity index (χ1v) is 8.43. The molecule has 3 heteroatoms. The summed E-state index contributed by atoms with van der Waals surface area (Å²) in [5.41, 5.74) is 3.53. The molecule has 1 amide bonds. The molecule has 2 aliphatic rings. The molecule has 0 saturated carbocycles. The second kappa shape index (κ2) is 6.61. The molecule has 1 fully saturated rings. The third kappa shape index (κ3) is 2.98. The average Bonchev–Trinajstić information content (AvgIpc) is 2.79. The van der Waals surface area contributed by atoms with Crippen molar-refractivity contribution in [2.75, 3.05) is 13.1 Å². The van der Waals surface area contributed by atoms with Crippen molar-refractivity contribution >= 4 is 5.91 Å². The van der Waals surface area contributed by atoms with Crippen LogP contribution in [0.15, 0.2) is 18.2 Å². The molecule has 2 aliphatic heterocycles. The molecule has 2 heterocycles. The molecule has 0 aliphatic carbocycles. The van der Waals surface area contributed by atoms with Crippen molar-refractivity contribution in [1.29, 1.82) is 0 Å². The Kier molecular flexibility index (Phi) is 4.59. The predicted octanol–water partition coefficient (Wildman–Crippen LogP) is 3.13. The number of amides is 1. The summed E-state index contributed by atoms with van der Waals surface area (Å²) in [6.45, 7) is 5.02. The Hall–Kier alpha value is -1.35. The van der Waals surface area contributed by atoms with Crippen LogP contribution in [0, 0.1) is 0 Å². The van der Waals surface area contributed by atoms with Gasteiger partial charge in [-0.25, -0.2) is 0 Å². The highest BCUT2D eigenvalue weighted by molar-refractivity contribution is 5.96. The molecule has 3 nitrogen and oxygen atoms in total. The lowest BCUT2D eigenvalue weighted by atomic mass is 9.94. The van der Waals surface area contributed by atoms with Crippen LogP contribution in [0.25, 0.3) is 0 Å². The molecule has 1 aromatic carbocycles. The van der Waals surface area contributed by atoms with Gasteiger partial charge in [0.15, 0.2) is 0 Å². The molecule has 3 rings (SSSR count). The van der Waals surface area contributed by atoms with E-state index in [1.54, 1.807) is 0 Å². The molecule has 1 N–H and O–H groups in total. The lowest BCUT2D eigenvalue weighted by molar-refractivity contribution is 0.0676. The minimum Gasteiger partial charge on any atom is -0.336 e. The summed E-state index contributed by atoms with van der Waals surface area (Å²) < 4.78 is 0. The van der Waals surface area contributed by atoms with Gasteiger partial charge in [0.25, 0.3) is 5.91 Å². The van der Waals surface area contributed by atoms with Crippen LogP contribution >= 0.6 is 0 Å². The van der Waals surface area contributed by atoms with Crippen molar-refractivity contribution in [2.24, 2.45) is 0 Å². The number of hydrogen-bond acceptors (Lipinski definition) is 2. The number of nitrogens with one attached hydrogen (secondary N) is 1. The number of nitrogens with zero attached hydrogens (tertiary/aromatic N) is 1. The summed E-state index contributed by atoms with van der Waals surface area (Å²) >= 11 is 0. The Bertz CT molecular complexity index is 512. The van der Waals surface area contributed by atoms with Gasteiger partial charge in [0.1, 0.15) is 0 Å². The zero-order valence-electron chi connectivity index (χ0n) is 13.0. The van der Waals surface area contributed by atoms with Crippen LogP contribution in [0.3, 0.4) is 0 Å². The van der Waals surface area contributed by atoms with E-state index in [1.165, 1.54) is 30.4 Å². The molecule has 1 atom stereocenters. The van der Waals surface area contributed by atoms with Gasteiger partial charge in [-0.15, -0.1) is 0 Å². The van der Waals surface area contributed by atoms with E-state index in [9.17, 15) is 4.79 Å². The molecule has 1 aromatic rings. The van der Waals surface area contributed by atoms with E-state index in [0.717, 1.165) is 44.5 Å². The molecular formula is C18H26N2O. The van der Waals surface area contributed by atoms with Gasteiger partial charge in [0.2, 0.25) is 0 Å². The number of rotatable bonds is 2. The number of carbonyl (C=O) groups excluding carboxylic acids is 1. The standard InChI is InChI=1S/C18H26N2O/c1-2-15-8-4-3-5-12-20(15)18(21)17-9-6-7-14-13-19-11-10-16(14)17/h6-7,9,15,19H,2-5,8,10-13H2,1H3. The smallest absolute Gasteiger partial charge is 0.254 e. The van der Waals surface area contributed by atoms with E-state index in [0.29, 0.717) is 6.04 Å². The zero-order valence-corrected chi connectivity index (χ0v) is 13.0. The number of likely N-dealkylation sites (tertiary alicyclic amines) is 1. The highest BCUT2D eigenvalue weighted by atomic mass is 16.2. The maximum atomic E-state index is 13.1. The quantitative estimate of drug-likeness (QED) is 0.906. The van der Waals surface area contributed by atoms with Gasteiger partial charge in [0, 0.05) is 24.7 Å². The highest BCUT2D eigenvalue weighted by Crippen LogP contribution is 2.25. The first-order valence-electron chi connectivity index (χ1n) is 8.43. The van der Waals surface area contributed by atoms with E-state index in [4.69, 9.17) is 0 Å². The van der Waals surface area contributed by atoms with Crippen LogP contribution in [0.2, 0.25) is 0 Å². The van der Waals surface area contributed by atoms with Gasteiger partial charge in [-0.3, -0.25) is 4.79 Å². The van der Waals surface area contributed by atoms with Crippen LogP contribution in [0.1, 0.15) is 60.5 Å². The third-order valence-electron chi connectivity index (χ3n) is 4.98. The SMILES string of the molecule is CCC1CCCCCN1C(=O)c1cccc2c1CCNC2. The lowest BCUT2D eigenvalue weighted by Crippen LogP contribution is -2.40. The Labute approximate surface area is 127 Å². The van der Waals surface area contributed by atoms with Gasteiger partial charge >= 0.3 is 0 Å². The minimum atomic E-state index is 0.266. The van der Waals surface area contributed by atoms with Crippen molar-refractivity contribution in [2.45, 2.75) is 58.0 Å². The van der Waals surface area contributed by atoms with E-state index < -0.39 is 0 Å². The van der Waals surface area contributed by atoms with E-state index >= 15 is 0 Å². The minimum absolute atomic E-state index is 0.266. The normalized spacial score (nSPS) is 22.5. The van der Waals surface area contributed by atoms with Gasteiger partial charge in [-0.2, -0.15) is 0 Å². The largest absolute Gasteiger partial charge is 0.336 e. The molecule has 0 bridgehead atoms. The number of fused-ring (bicyclic) bond motifs is 1. The number of hydrogen-bond donors (Lipinski definition) is 1. The number of carbonyl (C=O) groups is 1. The molecule has 0 spiro atoms. The fourth-order valence-corrected chi connectivity index (χ4v) is 3.76. The van der Waals surface area contributed by atoms with Crippen molar-refractivity contribution in [3.05, 3.63) is 34.9 Å². The molecular weight excluding hydrogens is 260 g/mol. The summed E-state index contributed by atoms with van der Waals surface area (Å²) in [7, 11) is 0. The van der Waals surface area contributed by atoms with Crippen molar-refractivity contribution in [3.8, 4) is 0 Å². The summed E-state index contributed by atoms with van der Waals surface area (Å²) in [6.07, 6.45) is 6.89. The molecule has 0 aromatic heterocycles. The maximum absolute atomic E-state index is 13.1. The van der Waals surface area contributed by atoms with Crippen molar-refractivity contribution in [1.82, 2.24) is 10.2 Å². The average molecular weight is 286 g/mol. The fourth-order valence-electron chi connectivity index (χ4n) is 3.76. The van der Waals surface area contributed by atoms with Crippen molar-refractivity contribution < 1.29 is 4.79 Å². The van der Waals surface area contributed by atoms with E-state index in [2.05, 4.69) is 23.2 Å². The second-order valence-electron chi connectivity index (χ2n) is 6.28. The van der Waals surface area contributed by atoms with Crippen LogP contribution in [0.5, 0.6) is 0 Å². The van der Waals surface area contributed by atoms with Crippen LogP contribution in [-0.2, 0) is 13.0 Å². The Morgan fingerprint density at radius 1 is 1.33 bits per heavy atom. The van der Waals surface area contributed by atoms with E-state index in [-0.39, 0.29) is 5.91 Å². The van der Waals surface area contributed by atoms with Crippen LogP contribution in [0.4, 0.5) is 0 Å². The molecule has 1 saturated heterocycles. The van der Waals surface area contributed by atoms with Crippen molar-refractivity contribution in [3.63, 3.8) is 0 Å². The molecule has 114 valence electrons. The molecule has 21 heavy (non-hydrogen) atoms. The first kappa shape index (κ1) is 14.6. The fraction of sp³-hybridized carbons (Fsp3) is 0.611. The molecule has 0 radical (unpaired) electrons. The summed E-state index contributed by atoms with van der Waals surface area (Å²) in [4.78, 5) is 15.3. The Balaban J connectivity index is 1.90. The highest BCUT2D eigenvalue weighted by Gasteiger charge is 2.27. The third-order valence-corrected chi connectivity index (χ3v) is 4.98. The topological polar surface area (TPSA) is 32.3 Å². The van der Waals surface area contributed by atoms with Gasteiger partial charge in [0.05, 0.1) is 0 Å². The summed E-state index contributed by atoms with van der Waals surface area (Å²) in [6, 6.07) is 6.65. The van der Waals surface area contributed by atoms with Gasteiger partial charge in [-0.1, -0.05) is 31.9 Å². The van der Waals surface area contributed by atoms with Crippen LogP contribution in [-0.4, -0.2) is 29.9 Å². The Morgan fingerprint density at radius 2 is 2.24 bits per heavy atom. The van der Waals surface area contributed by atoms with Crippen LogP contribution < -0.4 is 5.32 Å². The van der Waals surface area contributed by atoms with E-state index in [1.807, 2.05) is 12.1 Å². The lowest BCUT2D eigenvalue weighted by Gasteiger charge is -2.31. The molecule has 1 unspecified atom stereocenters. The zero-order chi connectivity index (χ0) is 14.7. The van der Waals surface area contributed by atoms with Gasteiger partial charge < -0.3 is 10.2 Å². The second-order valence-corrected chi connectivity index (χ2v) is 6.28. The Morgan fingerprint density at radius 3 is 3.10 bits per heavy atom. The summed E-state index contributed by atoms with van der Waals surface area (Å²) in [5.74, 6) is 0.266. The monoisotopic (exact) mass is 286 g/mol. The maximum Gasteiger partial charge on any atom is 0.254 e. The first-order chi connectivity index (χ1) is 10.3. The number of benzene rings is 1. The predicted molar refractivity (Wildman–Crippen MR) is 85.4 cm³/mol. The van der Waals surface area contributed by atoms with Gasteiger partial charge in [-0.05, 0) is 49.4 Å².